The molecule has 0 heterocycles. The van der Waals surface area contributed by atoms with Crippen LogP contribution in [-0.4, -0.2) is 19.2 Å². The third-order valence-electron chi connectivity index (χ3n) is 2.13. The van der Waals surface area contributed by atoms with E-state index in [0.29, 0.717) is 17.9 Å². The molecule has 90 valence electrons. The number of carbonyl (C=O) groups excluding carboxylic acids is 1. The van der Waals surface area contributed by atoms with Crippen molar-refractivity contribution in [1.82, 2.24) is 5.32 Å². The molecule has 17 heavy (non-hydrogen) atoms. The zero-order chi connectivity index (χ0) is 12.7. The van der Waals surface area contributed by atoms with E-state index in [-0.39, 0.29) is 12.1 Å². The van der Waals surface area contributed by atoms with Crippen LogP contribution >= 0.6 is 0 Å². The molecule has 1 atom stereocenters. The summed E-state index contributed by atoms with van der Waals surface area (Å²) in [4.78, 5) is 11.6. The summed E-state index contributed by atoms with van der Waals surface area (Å²) in [5.74, 6) is 3.19. The van der Waals surface area contributed by atoms with E-state index in [4.69, 9.17) is 11.2 Å². The molecule has 1 rings (SSSR count). The summed E-state index contributed by atoms with van der Waals surface area (Å²) in [6.45, 7) is 1.85. The first-order chi connectivity index (χ1) is 8.15. The quantitative estimate of drug-likeness (QED) is 0.782. The van der Waals surface area contributed by atoms with E-state index in [2.05, 4.69) is 16.6 Å². The Balaban J connectivity index is 2.53. The predicted molar refractivity (Wildman–Crippen MR) is 68.1 cm³/mol. The molecule has 1 aromatic rings. The van der Waals surface area contributed by atoms with Crippen LogP contribution in [0, 0.1) is 12.3 Å². The first-order valence-electron chi connectivity index (χ1n) is 5.30. The van der Waals surface area contributed by atoms with Gasteiger partial charge in [-0.05, 0) is 19.1 Å². The fraction of sp³-hybridized carbons (Fsp3) is 0.308. The summed E-state index contributed by atoms with van der Waals surface area (Å²) in [5.41, 5.74) is 0.676. The standard InChI is InChI=1S/C13H16N2O2/c1-4-6-10(2)14-13(16)15-11-7-5-8-12(9-11)17-3/h1,5,7-10H,6H2,2-3H3,(H2,14,15,16). The van der Waals surface area contributed by atoms with Crippen molar-refractivity contribution in [3.8, 4) is 18.1 Å². The molecule has 0 saturated heterocycles. The van der Waals surface area contributed by atoms with E-state index in [1.54, 1.807) is 25.3 Å². The highest BCUT2D eigenvalue weighted by Crippen LogP contribution is 2.16. The molecule has 0 bridgehead atoms. The lowest BCUT2D eigenvalue weighted by molar-refractivity contribution is 0.249. The first kappa shape index (κ1) is 12.9. The maximum Gasteiger partial charge on any atom is 0.319 e. The second-order valence-electron chi connectivity index (χ2n) is 3.64. The molecular formula is C13H16N2O2. The average molecular weight is 232 g/mol. The smallest absolute Gasteiger partial charge is 0.319 e. The summed E-state index contributed by atoms with van der Waals surface area (Å²) in [6, 6.07) is 6.81. The number of rotatable bonds is 4. The number of terminal acetylenes is 1. The van der Waals surface area contributed by atoms with Crippen molar-refractivity contribution in [2.24, 2.45) is 0 Å². The molecule has 0 saturated carbocycles. The van der Waals surface area contributed by atoms with E-state index in [1.165, 1.54) is 0 Å². The Morgan fingerprint density at radius 2 is 2.35 bits per heavy atom. The van der Waals surface area contributed by atoms with Crippen LogP contribution in [0.5, 0.6) is 5.75 Å². The fourth-order valence-corrected chi connectivity index (χ4v) is 1.32. The van der Waals surface area contributed by atoms with Crippen LogP contribution in [0.15, 0.2) is 24.3 Å². The van der Waals surface area contributed by atoms with Crippen molar-refractivity contribution in [3.63, 3.8) is 0 Å². The molecule has 1 unspecified atom stereocenters. The minimum absolute atomic E-state index is 0.0504. The number of benzene rings is 1. The topological polar surface area (TPSA) is 50.4 Å². The monoisotopic (exact) mass is 232 g/mol. The molecule has 0 fully saturated rings. The molecular weight excluding hydrogens is 216 g/mol. The molecule has 1 aromatic carbocycles. The van der Waals surface area contributed by atoms with Gasteiger partial charge in [0.1, 0.15) is 5.75 Å². The van der Waals surface area contributed by atoms with Gasteiger partial charge in [0.25, 0.3) is 0 Å². The van der Waals surface area contributed by atoms with Crippen molar-refractivity contribution in [2.75, 3.05) is 12.4 Å². The molecule has 0 aromatic heterocycles. The van der Waals surface area contributed by atoms with Gasteiger partial charge in [-0.1, -0.05) is 6.07 Å². The largest absolute Gasteiger partial charge is 0.497 e. The van der Waals surface area contributed by atoms with Crippen molar-refractivity contribution in [2.45, 2.75) is 19.4 Å². The number of anilines is 1. The molecule has 0 radical (unpaired) electrons. The zero-order valence-electron chi connectivity index (χ0n) is 9.99. The van der Waals surface area contributed by atoms with Crippen LogP contribution in [0.2, 0.25) is 0 Å². The molecule has 4 nitrogen and oxygen atoms in total. The van der Waals surface area contributed by atoms with Crippen LogP contribution in [0.4, 0.5) is 10.5 Å². The average Bonchev–Trinajstić information content (AvgIpc) is 2.29. The van der Waals surface area contributed by atoms with Gasteiger partial charge in [-0.2, -0.15) is 0 Å². The Hall–Kier alpha value is -2.15. The molecule has 2 N–H and O–H groups in total. The predicted octanol–water partition coefficient (Wildman–Crippen LogP) is 2.23. The van der Waals surface area contributed by atoms with E-state index in [1.807, 2.05) is 13.0 Å². The lowest BCUT2D eigenvalue weighted by atomic mass is 10.2. The first-order valence-corrected chi connectivity index (χ1v) is 5.30. The summed E-state index contributed by atoms with van der Waals surface area (Å²) < 4.78 is 5.06. The van der Waals surface area contributed by atoms with Crippen LogP contribution in [-0.2, 0) is 0 Å². The Kier molecular flexibility index (Phi) is 4.89. The molecule has 4 heteroatoms. The van der Waals surface area contributed by atoms with Crippen molar-refractivity contribution >= 4 is 11.7 Å². The van der Waals surface area contributed by atoms with Crippen molar-refractivity contribution < 1.29 is 9.53 Å². The van der Waals surface area contributed by atoms with E-state index < -0.39 is 0 Å². The molecule has 0 aliphatic rings. The Labute approximate surface area is 101 Å². The number of hydrogen-bond acceptors (Lipinski definition) is 2. The van der Waals surface area contributed by atoms with Crippen LogP contribution < -0.4 is 15.4 Å². The number of hydrogen-bond donors (Lipinski definition) is 2. The molecule has 2 amide bonds. The van der Waals surface area contributed by atoms with Gasteiger partial charge >= 0.3 is 6.03 Å². The minimum Gasteiger partial charge on any atom is -0.497 e. The number of nitrogens with one attached hydrogen (secondary N) is 2. The second-order valence-corrected chi connectivity index (χ2v) is 3.64. The number of amides is 2. The summed E-state index contributed by atoms with van der Waals surface area (Å²) in [5, 5.41) is 5.44. The van der Waals surface area contributed by atoms with Gasteiger partial charge in [0, 0.05) is 24.2 Å². The molecule has 0 spiro atoms. The van der Waals surface area contributed by atoms with Gasteiger partial charge in [-0.3, -0.25) is 0 Å². The van der Waals surface area contributed by atoms with Crippen molar-refractivity contribution in [1.29, 1.82) is 0 Å². The highest BCUT2D eigenvalue weighted by atomic mass is 16.5. The summed E-state index contributed by atoms with van der Waals surface area (Å²) >= 11 is 0. The highest BCUT2D eigenvalue weighted by molar-refractivity contribution is 5.89. The third-order valence-corrected chi connectivity index (χ3v) is 2.13. The van der Waals surface area contributed by atoms with Gasteiger partial charge < -0.3 is 15.4 Å². The summed E-state index contributed by atoms with van der Waals surface area (Å²) in [6.07, 6.45) is 5.66. The number of urea groups is 1. The Morgan fingerprint density at radius 1 is 1.59 bits per heavy atom. The van der Waals surface area contributed by atoms with Crippen LogP contribution in [0.3, 0.4) is 0 Å². The van der Waals surface area contributed by atoms with Gasteiger partial charge in [0.15, 0.2) is 0 Å². The molecule has 0 aliphatic heterocycles. The maximum absolute atomic E-state index is 11.6. The van der Waals surface area contributed by atoms with E-state index in [0.717, 1.165) is 0 Å². The SMILES string of the molecule is C#CCC(C)NC(=O)Nc1cccc(OC)c1. The van der Waals surface area contributed by atoms with E-state index in [9.17, 15) is 4.79 Å². The normalized spacial score (nSPS) is 11.1. The number of carbonyl (C=O) groups is 1. The maximum atomic E-state index is 11.6. The zero-order valence-corrected chi connectivity index (χ0v) is 9.99. The third kappa shape index (κ3) is 4.47. The van der Waals surface area contributed by atoms with Crippen LogP contribution in [0.1, 0.15) is 13.3 Å². The van der Waals surface area contributed by atoms with Crippen LogP contribution in [0.25, 0.3) is 0 Å². The Morgan fingerprint density at radius 3 is 3.00 bits per heavy atom. The number of ether oxygens (including phenoxy) is 1. The second kappa shape index (κ2) is 6.44. The Bertz CT molecular complexity index is 424. The summed E-state index contributed by atoms with van der Waals surface area (Å²) in [7, 11) is 1.58. The lowest BCUT2D eigenvalue weighted by Gasteiger charge is -2.12. The van der Waals surface area contributed by atoms with E-state index >= 15 is 0 Å². The lowest BCUT2D eigenvalue weighted by Crippen LogP contribution is -2.35. The molecule has 0 aliphatic carbocycles. The van der Waals surface area contributed by atoms with Gasteiger partial charge in [0.05, 0.1) is 7.11 Å². The highest BCUT2D eigenvalue weighted by Gasteiger charge is 2.06. The van der Waals surface area contributed by atoms with Gasteiger partial charge in [0.2, 0.25) is 0 Å². The number of methoxy groups -OCH3 is 1. The minimum atomic E-state index is -0.277. The fourth-order valence-electron chi connectivity index (χ4n) is 1.32. The van der Waals surface area contributed by atoms with Gasteiger partial charge in [-0.25, -0.2) is 4.79 Å². The van der Waals surface area contributed by atoms with Crippen molar-refractivity contribution in [3.05, 3.63) is 24.3 Å². The van der Waals surface area contributed by atoms with Gasteiger partial charge in [-0.15, -0.1) is 12.3 Å².